The lowest BCUT2D eigenvalue weighted by molar-refractivity contribution is -0.137. The minimum atomic E-state index is -1.84. The Balaban J connectivity index is 1.05. The molecule has 5 rings (SSSR count). The largest absolute Gasteiger partial charge is 0.420 e. The van der Waals surface area contributed by atoms with Gasteiger partial charge in [0.15, 0.2) is 11.6 Å². The molecule has 49 heavy (non-hydrogen) atoms. The Kier molecular flexibility index (Phi) is 11.2. The number of anilines is 2. The molecular weight excluding hydrogens is 650 g/mol. The first-order valence-electron chi connectivity index (χ1n) is 16.0. The number of esters is 1. The number of carbonyl (C=O) groups excluding carboxylic acids is 3. The highest BCUT2D eigenvalue weighted by molar-refractivity contribution is 6.07. The van der Waals surface area contributed by atoms with E-state index >= 15 is 0 Å². The van der Waals surface area contributed by atoms with E-state index in [4.69, 9.17) is 15.5 Å². The number of aryl methyl sites for hydroxylation is 1. The van der Waals surface area contributed by atoms with Crippen LogP contribution in [0.15, 0.2) is 24.3 Å². The van der Waals surface area contributed by atoms with Crippen molar-refractivity contribution in [1.29, 1.82) is 0 Å². The van der Waals surface area contributed by atoms with E-state index in [-0.39, 0.29) is 31.6 Å². The second kappa shape index (κ2) is 15.5. The molecule has 0 spiro atoms. The molecule has 1 atom stereocenters. The van der Waals surface area contributed by atoms with Crippen LogP contribution in [0.1, 0.15) is 45.4 Å². The van der Waals surface area contributed by atoms with Crippen LogP contribution in [-0.4, -0.2) is 83.1 Å². The number of aromatic nitrogens is 3. The highest BCUT2D eigenvalue weighted by Gasteiger charge is 2.27. The number of aromatic amines is 1. The molecule has 262 valence electrons. The molecule has 2 amide bonds. The first-order valence-corrected chi connectivity index (χ1v) is 16.0. The zero-order valence-electron chi connectivity index (χ0n) is 27.1. The molecule has 0 bridgehead atoms. The van der Waals surface area contributed by atoms with E-state index in [0.717, 1.165) is 52.7 Å². The van der Waals surface area contributed by atoms with Crippen molar-refractivity contribution in [2.75, 3.05) is 50.0 Å². The molecule has 0 aliphatic carbocycles. The minimum Gasteiger partial charge on any atom is -0.420 e. The van der Waals surface area contributed by atoms with E-state index in [1.807, 2.05) is 18.2 Å². The van der Waals surface area contributed by atoms with Gasteiger partial charge in [-0.25, -0.2) is 18.7 Å². The third kappa shape index (κ3) is 8.18. The molecule has 12 nitrogen and oxygen atoms in total. The summed E-state index contributed by atoms with van der Waals surface area (Å²) in [6.45, 7) is 5.35. The van der Waals surface area contributed by atoms with Crippen LogP contribution < -0.4 is 20.7 Å². The maximum atomic E-state index is 13.7. The van der Waals surface area contributed by atoms with Crippen LogP contribution in [0.4, 0.5) is 29.1 Å². The summed E-state index contributed by atoms with van der Waals surface area (Å²) in [5.74, 6) is -9.18. The molecule has 4 N–H and O–H groups in total. The average molecular weight is 688 g/mol. The number of halogens is 4. The molecule has 0 unspecified atom stereocenters. The number of nitrogens with one attached hydrogen (secondary N) is 2. The van der Waals surface area contributed by atoms with Gasteiger partial charge in [-0.1, -0.05) is 13.3 Å². The van der Waals surface area contributed by atoms with Crippen LogP contribution in [0.5, 0.6) is 5.75 Å². The molecule has 2 aromatic carbocycles. The van der Waals surface area contributed by atoms with Crippen LogP contribution in [0.25, 0.3) is 21.9 Å². The van der Waals surface area contributed by atoms with Gasteiger partial charge in [-0.05, 0) is 31.5 Å². The molecule has 1 aliphatic heterocycles. The van der Waals surface area contributed by atoms with Crippen molar-refractivity contribution in [1.82, 2.24) is 25.2 Å². The van der Waals surface area contributed by atoms with Crippen LogP contribution in [0.3, 0.4) is 0 Å². The summed E-state index contributed by atoms with van der Waals surface area (Å²) >= 11 is 0. The van der Waals surface area contributed by atoms with Gasteiger partial charge in [-0.3, -0.25) is 14.4 Å². The Morgan fingerprint density at radius 2 is 1.69 bits per heavy atom. The van der Waals surface area contributed by atoms with Gasteiger partial charge in [0.1, 0.15) is 28.7 Å². The molecular formula is C33H37F4N7O5. The number of H-pyrrole nitrogens is 1. The Labute approximate surface area is 278 Å². The molecule has 1 saturated heterocycles. The van der Waals surface area contributed by atoms with Crippen molar-refractivity contribution in [3.8, 4) is 5.75 Å². The second-order valence-electron chi connectivity index (χ2n) is 11.7. The Bertz CT molecular complexity index is 1840. The molecule has 0 radical (unpaired) electrons. The van der Waals surface area contributed by atoms with Crippen molar-refractivity contribution in [3.05, 3.63) is 53.4 Å². The molecule has 16 heteroatoms. The van der Waals surface area contributed by atoms with E-state index in [9.17, 15) is 31.9 Å². The third-order valence-electron chi connectivity index (χ3n) is 8.17. The summed E-state index contributed by atoms with van der Waals surface area (Å²) in [6, 6.07) is 5.14. The maximum absolute atomic E-state index is 13.7. The van der Waals surface area contributed by atoms with Crippen molar-refractivity contribution < 1.29 is 41.4 Å². The number of hydrogen-bond acceptors (Lipinski definition) is 9. The van der Waals surface area contributed by atoms with E-state index in [2.05, 4.69) is 31.8 Å². The number of fused-ring (bicyclic) bond motifs is 3. The molecule has 3 heterocycles. The van der Waals surface area contributed by atoms with Gasteiger partial charge in [0.25, 0.3) is 0 Å². The number of nitrogens with zero attached hydrogens (tertiary/aromatic N) is 4. The highest BCUT2D eigenvalue weighted by atomic mass is 19.2. The number of nitrogens with two attached hydrogens (primary N) is 1. The fourth-order valence-electron chi connectivity index (χ4n) is 5.52. The average Bonchev–Trinajstić information content (AvgIpc) is 3.53. The fourth-order valence-corrected chi connectivity index (χ4v) is 5.52. The van der Waals surface area contributed by atoms with Crippen LogP contribution in [0.2, 0.25) is 0 Å². The number of carbonyl (C=O) groups is 3. The summed E-state index contributed by atoms with van der Waals surface area (Å²) in [4.78, 5) is 53.8. The van der Waals surface area contributed by atoms with E-state index in [1.54, 1.807) is 11.8 Å². The smallest absolute Gasteiger partial charge is 0.313 e. The summed E-state index contributed by atoms with van der Waals surface area (Å²) < 4.78 is 63.5. The van der Waals surface area contributed by atoms with Gasteiger partial charge in [-0.2, -0.15) is 8.78 Å². The van der Waals surface area contributed by atoms with E-state index in [0.29, 0.717) is 32.0 Å². The lowest BCUT2D eigenvalue weighted by Gasteiger charge is -2.37. The van der Waals surface area contributed by atoms with Crippen molar-refractivity contribution in [3.63, 3.8) is 0 Å². The number of rotatable bonds is 13. The third-order valence-corrected chi connectivity index (χ3v) is 8.17. The number of benzene rings is 2. The Morgan fingerprint density at radius 3 is 2.39 bits per heavy atom. The number of ether oxygens (including phenoxy) is 2. The zero-order chi connectivity index (χ0) is 35.2. The minimum absolute atomic E-state index is 0.00498. The number of imidazole rings is 1. The summed E-state index contributed by atoms with van der Waals surface area (Å²) in [5, 5.41) is 3.53. The van der Waals surface area contributed by atoms with Gasteiger partial charge in [0.2, 0.25) is 29.2 Å². The number of piperazine rings is 1. The second-order valence-corrected chi connectivity index (χ2v) is 11.7. The molecule has 1 aliphatic rings. The van der Waals surface area contributed by atoms with Crippen molar-refractivity contribution in [2.24, 2.45) is 0 Å². The lowest BCUT2D eigenvalue weighted by Crippen LogP contribution is -2.54. The van der Waals surface area contributed by atoms with E-state index in [1.165, 1.54) is 0 Å². The first-order chi connectivity index (χ1) is 23.5. The zero-order valence-corrected chi connectivity index (χ0v) is 27.1. The topological polar surface area (TPSA) is 156 Å². The number of nitrogen functional groups attached to an aromatic ring is 1. The van der Waals surface area contributed by atoms with Gasteiger partial charge >= 0.3 is 5.97 Å². The molecule has 0 saturated carbocycles. The normalized spacial score (nSPS) is 14.0. The van der Waals surface area contributed by atoms with Crippen LogP contribution in [-0.2, 0) is 25.5 Å². The summed E-state index contributed by atoms with van der Waals surface area (Å²) in [5.41, 5.74) is 9.45. The van der Waals surface area contributed by atoms with Gasteiger partial charge in [-0.15, -0.1) is 0 Å². The van der Waals surface area contributed by atoms with Gasteiger partial charge in [0, 0.05) is 56.2 Å². The van der Waals surface area contributed by atoms with Crippen molar-refractivity contribution in [2.45, 2.75) is 52.0 Å². The lowest BCUT2D eigenvalue weighted by atomic mass is 10.1. The van der Waals surface area contributed by atoms with Crippen LogP contribution >= 0.6 is 0 Å². The molecule has 1 fully saturated rings. The number of unbranched alkanes of at least 4 members (excludes halogenated alkanes) is 1. The van der Waals surface area contributed by atoms with Crippen LogP contribution in [0, 0.1) is 23.3 Å². The van der Waals surface area contributed by atoms with Gasteiger partial charge < -0.3 is 35.3 Å². The van der Waals surface area contributed by atoms with E-state index < -0.39 is 53.4 Å². The fraction of sp³-hybridized carbons (Fsp3) is 0.424. The Morgan fingerprint density at radius 1 is 1.00 bits per heavy atom. The molecule has 2 aromatic heterocycles. The standard InChI is InChI=1S/C33H37F4N7O5/c1-3-4-5-24-41-29-20-16-19(6-7-23(20)40-32(38)30(29)42-24)43-10-12-44(13-11-43)33(47)18(2)39-25(45)8-14-48-15-9-26(46)49-31-27(36)21(34)17-22(35)28(31)37/h6-7,16-18H,3-5,8-15H2,1-2H3,(H2,38,40)(H,39,45)(H,41,42)/t18-/m0/s1. The number of amides is 2. The SMILES string of the molecule is CCCCc1nc2c([nH]1)c(N)nc1ccc(N3CCN(C(=O)[C@H](C)NC(=O)CCOCCC(=O)Oc4c(F)c(F)cc(F)c4F)CC3)cc12. The quantitative estimate of drug-likeness (QED) is 0.0618. The Hall–Kier alpha value is -4.99. The predicted molar refractivity (Wildman–Crippen MR) is 173 cm³/mol. The monoisotopic (exact) mass is 687 g/mol. The summed E-state index contributed by atoms with van der Waals surface area (Å²) in [6.07, 6.45) is 2.25. The first kappa shape index (κ1) is 35.3. The molecule has 4 aromatic rings. The highest BCUT2D eigenvalue weighted by Crippen LogP contribution is 2.31. The predicted octanol–water partition coefficient (Wildman–Crippen LogP) is 4.15. The number of hydrogen-bond donors (Lipinski definition) is 3. The van der Waals surface area contributed by atoms with Gasteiger partial charge in [0.05, 0.1) is 25.2 Å². The maximum Gasteiger partial charge on any atom is 0.313 e. The van der Waals surface area contributed by atoms with Crippen molar-refractivity contribution >= 4 is 51.2 Å². The summed E-state index contributed by atoms with van der Waals surface area (Å²) in [7, 11) is 0. The number of pyridine rings is 1.